The summed E-state index contributed by atoms with van der Waals surface area (Å²) in [5, 5.41) is 23.0. The number of esters is 1. The van der Waals surface area contributed by atoms with E-state index in [0.29, 0.717) is 4.90 Å². The number of anilines is 2. The molecule has 15 nitrogen and oxygen atoms in total. The van der Waals surface area contributed by atoms with Crippen molar-refractivity contribution in [2.45, 2.75) is 77.9 Å². The SMILES string of the molecule is COC(=O)c1cc(OC(F)(F)F)ccc1N1CCOC(C(O)C(=O)Nc2ccc(C#N)c(CN(C(=O)OC(C)(C)C)C(=O)OC(C)(C)C)c2)C1=O. The van der Waals surface area contributed by atoms with Crippen LogP contribution in [0.1, 0.15) is 63.0 Å². The zero-order valence-corrected chi connectivity index (χ0v) is 28.7. The summed E-state index contributed by atoms with van der Waals surface area (Å²) in [5.74, 6) is -4.01. The highest BCUT2D eigenvalue weighted by Crippen LogP contribution is 2.32. The Morgan fingerprint density at radius 1 is 1.04 bits per heavy atom. The molecule has 0 spiro atoms. The normalized spacial score (nSPS) is 15.6. The van der Waals surface area contributed by atoms with Crippen LogP contribution in [0.25, 0.3) is 0 Å². The van der Waals surface area contributed by atoms with Crippen molar-refractivity contribution in [3.63, 3.8) is 0 Å². The van der Waals surface area contributed by atoms with Gasteiger partial charge in [0, 0.05) is 12.2 Å². The Labute approximate surface area is 290 Å². The predicted octanol–water partition coefficient (Wildman–Crippen LogP) is 4.65. The van der Waals surface area contributed by atoms with E-state index in [2.05, 4.69) is 14.8 Å². The molecule has 18 heteroatoms. The Morgan fingerprint density at radius 3 is 2.18 bits per heavy atom. The quantitative estimate of drug-likeness (QED) is 0.284. The molecule has 1 fully saturated rings. The summed E-state index contributed by atoms with van der Waals surface area (Å²) in [6.07, 6.45) is -11.2. The van der Waals surface area contributed by atoms with E-state index in [0.717, 1.165) is 30.2 Å². The van der Waals surface area contributed by atoms with Crippen LogP contribution in [0.5, 0.6) is 5.75 Å². The third kappa shape index (κ3) is 11.0. The molecule has 4 amide bonds. The number of hydrogen-bond acceptors (Lipinski definition) is 12. The molecule has 2 unspecified atom stereocenters. The third-order valence-electron chi connectivity index (χ3n) is 6.62. The molecule has 2 N–H and O–H groups in total. The van der Waals surface area contributed by atoms with Gasteiger partial charge in [-0.2, -0.15) is 5.26 Å². The topological polar surface area (TPSA) is 194 Å². The maximum absolute atomic E-state index is 13.5. The maximum Gasteiger partial charge on any atom is 0.573 e. The molecular formula is C33H37F3N4O11. The van der Waals surface area contributed by atoms with Gasteiger partial charge in [-0.1, -0.05) is 0 Å². The van der Waals surface area contributed by atoms with Crippen molar-refractivity contribution >= 4 is 41.3 Å². The van der Waals surface area contributed by atoms with Gasteiger partial charge in [-0.15, -0.1) is 13.2 Å². The molecule has 2 aromatic carbocycles. The summed E-state index contributed by atoms with van der Waals surface area (Å²) in [6.45, 7) is 8.52. The van der Waals surface area contributed by atoms with Gasteiger partial charge in [-0.3, -0.25) is 9.59 Å². The smallest absolute Gasteiger partial charge is 0.465 e. The largest absolute Gasteiger partial charge is 0.573 e. The van der Waals surface area contributed by atoms with Crippen LogP contribution in [0.3, 0.4) is 0 Å². The monoisotopic (exact) mass is 722 g/mol. The Morgan fingerprint density at radius 2 is 1.65 bits per heavy atom. The molecule has 0 aromatic heterocycles. The molecule has 0 aliphatic carbocycles. The molecule has 2 aromatic rings. The average molecular weight is 723 g/mol. The van der Waals surface area contributed by atoms with Crippen molar-refractivity contribution in [2.24, 2.45) is 0 Å². The van der Waals surface area contributed by atoms with Crippen LogP contribution >= 0.6 is 0 Å². The van der Waals surface area contributed by atoms with E-state index in [4.69, 9.17) is 14.2 Å². The number of imide groups is 1. The number of carbonyl (C=O) groups is 5. The number of ether oxygens (including phenoxy) is 5. The fourth-order valence-electron chi connectivity index (χ4n) is 4.57. The average Bonchev–Trinajstić information content (AvgIpc) is 3.00. The molecule has 1 aliphatic heterocycles. The van der Waals surface area contributed by atoms with Crippen LogP contribution < -0.4 is 15.0 Å². The first kappa shape index (κ1) is 40.0. The number of morpholine rings is 1. The molecule has 1 aliphatic rings. The highest BCUT2D eigenvalue weighted by molar-refractivity contribution is 6.07. The van der Waals surface area contributed by atoms with Crippen molar-refractivity contribution in [3.8, 4) is 11.8 Å². The summed E-state index contributed by atoms with van der Waals surface area (Å²) in [4.78, 5) is 66.7. The number of carbonyl (C=O) groups excluding carboxylic acids is 5. The van der Waals surface area contributed by atoms with Gasteiger partial charge in [-0.25, -0.2) is 19.3 Å². The van der Waals surface area contributed by atoms with Crippen molar-refractivity contribution in [3.05, 3.63) is 53.1 Å². The molecule has 3 rings (SSSR count). The number of benzene rings is 2. The van der Waals surface area contributed by atoms with E-state index in [9.17, 15) is 47.5 Å². The Balaban J connectivity index is 1.87. The molecule has 276 valence electrons. The highest BCUT2D eigenvalue weighted by atomic mass is 19.4. The highest BCUT2D eigenvalue weighted by Gasteiger charge is 2.41. The molecular weight excluding hydrogens is 685 g/mol. The van der Waals surface area contributed by atoms with Crippen LogP contribution in [0.4, 0.5) is 34.1 Å². The molecule has 0 bridgehead atoms. The number of aliphatic hydroxyl groups excluding tert-OH is 1. The number of nitriles is 1. The first-order chi connectivity index (χ1) is 23.5. The van der Waals surface area contributed by atoms with Gasteiger partial charge in [0.25, 0.3) is 11.8 Å². The van der Waals surface area contributed by atoms with Crippen LogP contribution in [0.2, 0.25) is 0 Å². The predicted molar refractivity (Wildman–Crippen MR) is 170 cm³/mol. The summed E-state index contributed by atoms with van der Waals surface area (Å²) in [7, 11) is 0.975. The van der Waals surface area contributed by atoms with E-state index >= 15 is 0 Å². The van der Waals surface area contributed by atoms with E-state index in [-0.39, 0.29) is 35.7 Å². The Kier molecular flexibility index (Phi) is 12.3. The van der Waals surface area contributed by atoms with E-state index in [1.165, 1.54) is 18.2 Å². The molecule has 2 atom stereocenters. The second-order valence-corrected chi connectivity index (χ2v) is 13.0. The number of rotatable bonds is 8. The molecule has 1 saturated heterocycles. The Hall–Kier alpha value is -5.41. The molecule has 51 heavy (non-hydrogen) atoms. The number of alkyl halides is 3. The van der Waals surface area contributed by atoms with E-state index in [1.54, 1.807) is 41.5 Å². The van der Waals surface area contributed by atoms with Gasteiger partial charge < -0.3 is 39.0 Å². The zero-order valence-electron chi connectivity index (χ0n) is 28.7. The van der Waals surface area contributed by atoms with Gasteiger partial charge in [-0.05, 0) is 83.5 Å². The second kappa shape index (κ2) is 15.6. The molecule has 0 radical (unpaired) electrons. The lowest BCUT2D eigenvalue weighted by Gasteiger charge is -2.34. The van der Waals surface area contributed by atoms with Gasteiger partial charge in [0.2, 0.25) is 0 Å². The number of aliphatic hydroxyl groups is 1. The van der Waals surface area contributed by atoms with Gasteiger partial charge in [0.15, 0.2) is 12.2 Å². The van der Waals surface area contributed by atoms with Gasteiger partial charge in [0.05, 0.1) is 43.1 Å². The third-order valence-corrected chi connectivity index (χ3v) is 6.62. The van der Waals surface area contributed by atoms with Crippen molar-refractivity contribution < 1.29 is 65.9 Å². The minimum absolute atomic E-state index is 0.0140. The number of amides is 4. The summed E-state index contributed by atoms with van der Waals surface area (Å²) < 4.78 is 63.0. The summed E-state index contributed by atoms with van der Waals surface area (Å²) in [6, 6.07) is 8.36. The minimum atomic E-state index is -5.07. The van der Waals surface area contributed by atoms with Gasteiger partial charge >= 0.3 is 24.5 Å². The Bertz CT molecular complexity index is 1680. The van der Waals surface area contributed by atoms with E-state index < -0.39 is 77.6 Å². The first-order valence-electron chi connectivity index (χ1n) is 15.2. The second-order valence-electron chi connectivity index (χ2n) is 13.0. The standard InChI is InChI=1S/C33H37F3N4O11/c1-31(2,3)50-29(45)40(30(46)51-32(4,5)6)17-19-14-20(9-8-18(19)16-37)38-26(42)24(41)25-27(43)39(12-13-48-25)23-11-10-21(49-33(34,35)36)15-22(23)28(44)47-7/h8-11,14-15,24-25,41H,12-13,17H2,1-7H3,(H,38,42). The van der Waals surface area contributed by atoms with Crippen LogP contribution in [0, 0.1) is 11.3 Å². The van der Waals surface area contributed by atoms with Crippen molar-refractivity contribution in [2.75, 3.05) is 30.5 Å². The van der Waals surface area contributed by atoms with Crippen molar-refractivity contribution in [1.29, 1.82) is 5.26 Å². The minimum Gasteiger partial charge on any atom is -0.465 e. The first-order valence-corrected chi connectivity index (χ1v) is 15.2. The number of methoxy groups -OCH3 is 1. The fraction of sp³-hybridized carbons (Fsp3) is 0.455. The van der Waals surface area contributed by atoms with Crippen molar-refractivity contribution in [1.82, 2.24) is 4.90 Å². The number of hydrogen-bond donors (Lipinski definition) is 2. The number of halogens is 3. The molecule has 1 heterocycles. The lowest BCUT2D eigenvalue weighted by molar-refractivity contribution is -0.274. The van der Waals surface area contributed by atoms with Crippen LogP contribution in [-0.4, -0.2) is 90.0 Å². The maximum atomic E-state index is 13.5. The summed E-state index contributed by atoms with van der Waals surface area (Å²) in [5.41, 5.74) is -2.59. The fourth-order valence-corrected chi connectivity index (χ4v) is 4.57. The summed E-state index contributed by atoms with van der Waals surface area (Å²) >= 11 is 0. The number of nitrogens with zero attached hydrogens (tertiary/aromatic N) is 3. The van der Waals surface area contributed by atoms with Gasteiger partial charge in [0.1, 0.15) is 17.0 Å². The lowest BCUT2D eigenvalue weighted by atomic mass is 10.1. The molecule has 0 saturated carbocycles. The number of nitrogens with one attached hydrogen (secondary N) is 1. The van der Waals surface area contributed by atoms with Crippen LogP contribution in [0.15, 0.2) is 36.4 Å². The zero-order chi connectivity index (χ0) is 38.5. The van der Waals surface area contributed by atoms with E-state index in [1.807, 2.05) is 6.07 Å². The lowest BCUT2D eigenvalue weighted by Crippen LogP contribution is -2.55. The van der Waals surface area contributed by atoms with Crippen LogP contribution in [-0.2, 0) is 35.1 Å².